The summed E-state index contributed by atoms with van der Waals surface area (Å²) < 4.78 is 12.9. The van der Waals surface area contributed by atoms with Gasteiger partial charge >= 0.3 is 0 Å². The van der Waals surface area contributed by atoms with Gasteiger partial charge in [-0.1, -0.05) is 6.07 Å². The number of rotatable bonds is 1. The molecular formula is C10H12FNOS. The first-order chi connectivity index (χ1) is 6.65. The molecule has 76 valence electrons. The number of aliphatic hydroxyl groups is 1. The second-order valence-electron chi connectivity index (χ2n) is 3.55. The molecule has 0 bridgehead atoms. The molecule has 0 saturated heterocycles. The lowest BCUT2D eigenvalue weighted by molar-refractivity contribution is 0.189. The van der Waals surface area contributed by atoms with Gasteiger partial charge in [0.05, 0.1) is 12.1 Å². The number of hydrogen-bond acceptors (Lipinski definition) is 3. The van der Waals surface area contributed by atoms with Crippen LogP contribution in [0.1, 0.15) is 12.0 Å². The van der Waals surface area contributed by atoms with Crippen LogP contribution in [-0.2, 0) is 5.54 Å². The molecule has 1 aliphatic heterocycles. The van der Waals surface area contributed by atoms with E-state index in [0.29, 0.717) is 0 Å². The number of aliphatic hydroxyl groups excluding tert-OH is 1. The highest BCUT2D eigenvalue weighted by Gasteiger charge is 2.32. The highest BCUT2D eigenvalue weighted by molar-refractivity contribution is 7.99. The number of nitrogens with two attached hydrogens (primary N) is 1. The van der Waals surface area contributed by atoms with Crippen LogP contribution in [0.15, 0.2) is 23.1 Å². The molecular weight excluding hydrogens is 201 g/mol. The zero-order chi connectivity index (χ0) is 10.2. The molecule has 1 heterocycles. The fourth-order valence-corrected chi connectivity index (χ4v) is 2.98. The summed E-state index contributed by atoms with van der Waals surface area (Å²) in [5.41, 5.74) is 6.21. The van der Waals surface area contributed by atoms with Crippen molar-refractivity contribution in [3.63, 3.8) is 0 Å². The second kappa shape index (κ2) is 3.53. The molecule has 0 aromatic heterocycles. The molecule has 0 saturated carbocycles. The average molecular weight is 213 g/mol. The SMILES string of the molecule is NC1(CO)CCSc2cc(F)ccc21. The topological polar surface area (TPSA) is 46.2 Å². The average Bonchev–Trinajstić information content (AvgIpc) is 2.18. The highest BCUT2D eigenvalue weighted by Crippen LogP contribution is 2.38. The van der Waals surface area contributed by atoms with Gasteiger partial charge in [-0.25, -0.2) is 4.39 Å². The Labute approximate surface area is 86.3 Å². The number of hydrogen-bond donors (Lipinski definition) is 2. The number of fused-ring (bicyclic) bond motifs is 1. The smallest absolute Gasteiger partial charge is 0.124 e. The minimum Gasteiger partial charge on any atom is -0.394 e. The lowest BCUT2D eigenvalue weighted by Gasteiger charge is -2.33. The van der Waals surface area contributed by atoms with Crippen LogP contribution < -0.4 is 5.73 Å². The van der Waals surface area contributed by atoms with Gasteiger partial charge in [-0.05, 0) is 24.1 Å². The van der Waals surface area contributed by atoms with Crippen LogP contribution in [0.2, 0.25) is 0 Å². The van der Waals surface area contributed by atoms with E-state index in [9.17, 15) is 9.50 Å². The normalized spacial score (nSPS) is 25.9. The van der Waals surface area contributed by atoms with Crippen LogP contribution in [0.3, 0.4) is 0 Å². The first-order valence-electron chi connectivity index (χ1n) is 4.48. The van der Waals surface area contributed by atoms with Crippen molar-refractivity contribution in [2.24, 2.45) is 5.73 Å². The first kappa shape index (κ1) is 9.96. The predicted molar refractivity (Wildman–Crippen MR) is 54.7 cm³/mol. The van der Waals surface area contributed by atoms with Crippen LogP contribution >= 0.6 is 11.8 Å². The monoisotopic (exact) mass is 213 g/mol. The van der Waals surface area contributed by atoms with E-state index in [-0.39, 0.29) is 12.4 Å². The largest absolute Gasteiger partial charge is 0.394 e. The molecule has 4 heteroatoms. The van der Waals surface area contributed by atoms with E-state index in [1.165, 1.54) is 12.1 Å². The van der Waals surface area contributed by atoms with E-state index in [0.717, 1.165) is 22.6 Å². The van der Waals surface area contributed by atoms with Crippen molar-refractivity contribution in [3.8, 4) is 0 Å². The van der Waals surface area contributed by atoms with Gasteiger partial charge in [0.15, 0.2) is 0 Å². The minimum atomic E-state index is -0.686. The lowest BCUT2D eigenvalue weighted by Crippen LogP contribution is -2.43. The van der Waals surface area contributed by atoms with E-state index in [2.05, 4.69) is 0 Å². The van der Waals surface area contributed by atoms with Gasteiger partial charge in [-0.2, -0.15) is 0 Å². The van der Waals surface area contributed by atoms with Crippen LogP contribution in [0.4, 0.5) is 4.39 Å². The summed E-state index contributed by atoms with van der Waals surface area (Å²) in [5, 5.41) is 9.24. The quantitative estimate of drug-likeness (QED) is 0.742. The van der Waals surface area contributed by atoms with Gasteiger partial charge in [0.25, 0.3) is 0 Å². The summed E-state index contributed by atoms with van der Waals surface area (Å²) in [6, 6.07) is 4.55. The maximum atomic E-state index is 12.9. The van der Waals surface area contributed by atoms with Crippen molar-refractivity contribution in [2.75, 3.05) is 12.4 Å². The van der Waals surface area contributed by atoms with E-state index in [1.54, 1.807) is 17.8 Å². The molecule has 1 atom stereocenters. The molecule has 1 aromatic rings. The molecule has 1 unspecified atom stereocenters. The van der Waals surface area contributed by atoms with E-state index in [4.69, 9.17) is 5.73 Å². The van der Waals surface area contributed by atoms with E-state index >= 15 is 0 Å². The third-order valence-corrected chi connectivity index (χ3v) is 3.62. The molecule has 0 aliphatic carbocycles. The molecule has 0 amide bonds. The van der Waals surface area contributed by atoms with Crippen molar-refractivity contribution >= 4 is 11.8 Å². The lowest BCUT2D eigenvalue weighted by atomic mass is 9.89. The molecule has 2 rings (SSSR count). The molecule has 0 spiro atoms. The molecule has 0 radical (unpaired) electrons. The fraction of sp³-hybridized carbons (Fsp3) is 0.400. The Kier molecular flexibility index (Phi) is 2.51. The minimum absolute atomic E-state index is 0.0911. The zero-order valence-electron chi connectivity index (χ0n) is 7.66. The fourth-order valence-electron chi connectivity index (χ4n) is 1.67. The Bertz CT molecular complexity index is 358. The van der Waals surface area contributed by atoms with Gasteiger partial charge in [0, 0.05) is 10.6 Å². The molecule has 1 aliphatic rings. The van der Waals surface area contributed by atoms with Crippen molar-refractivity contribution in [1.29, 1.82) is 0 Å². The third kappa shape index (κ3) is 1.54. The van der Waals surface area contributed by atoms with Gasteiger partial charge in [-0.15, -0.1) is 11.8 Å². The summed E-state index contributed by atoms with van der Waals surface area (Å²) in [7, 11) is 0. The Morgan fingerprint density at radius 3 is 3.07 bits per heavy atom. The van der Waals surface area contributed by atoms with Crippen LogP contribution in [0, 0.1) is 5.82 Å². The van der Waals surface area contributed by atoms with Crippen LogP contribution in [0.5, 0.6) is 0 Å². The number of thioether (sulfide) groups is 1. The van der Waals surface area contributed by atoms with E-state index < -0.39 is 5.54 Å². The summed E-state index contributed by atoms with van der Waals surface area (Å²) in [5.74, 6) is 0.575. The van der Waals surface area contributed by atoms with Crippen LogP contribution in [-0.4, -0.2) is 17.5 Å². The summed E-state index contributed by atoms with van der Waals surface area (Å²) in [6.07, 6.45) is 0.729. The molecule has 0 fully saturated rings. The van der Waals surface area contributed by atoms with Gasteiger partial charge in [0.2, 0.25) is 0 Å². The first-order valence-corrected chi connectivity index (χ1v) is 5.47. The predicted octanol–water partition coefficient (Wildman–Crippen LogP) is 1.47. The maximum Gasteiger partial charge on any atom is 0.124 e. The van der Waals surface area contributed by atoms with Crippen molar-refractivity contribution in [3.05, 3.63) is 29.6 Å². The molecule has 14 heavy (non-hydrogen) atoms. The van der Waals surface area contributed by atoms with E-state index in [1.807, 2.05) is 0 Å². The van der Waals surface area contributed by atoms with Gasteiger partial charge in [-0.3, -0.25) is 0 Å². The standard InChI is InChI=1S/C10H12FNOS/c11-7-1-2-8-9(5-7)14-4-3-10(8,12)6-13/h1-2,5,13H,3-4,6,12H2. The molecule has 2 nitrogen and oxygen atoms in total. The maximum absolute atomic E-state index is 12.9. The second-order valence-corrected chi connectivity index (χ2v) is 4.69. The summed E-state index contributed by atoms with van der Waals surface area (Å²) >= 11 is 1.59. The molecule has 1 aromatic carbocycles. The summed E-state index contributed by atoms with van der Waals surface area (Å²) in [4.78, 5) is 0.854. The van der Waals surface area contributed by atoms with Crippen LogP contribution in [0.25, 0.3) is 0 Å². The van der Waals surface area contributed by atoms with Crippen molar-refractivity contribution in [1.82, 2.24) is 0 Å². The zero-order valence-corrected chi connectivity index (χ0v) is 8.48. The Morgan fingerprint density at radius 1 is 1.57 bits per heavy atom. The van der Waals surface area contributed by atoms with Gasteiger partial charge < -0.3 is 10.8 Å². The Balaban J connectivity index is 2.50. The Morgan fingerprint density at radius 2 is 2.36 bits per heavy atom. The Hall–Kier alpha value is -0.580. The number of halogens is 1. The van der Waals surface area contributed by atoms with Crippen molar-refractivity contribution in [2.45, 2.75) is 16.9 Å². The number of benzene rings is 1. The molecule has 3 N–H and O–H groups in total. The summed E-state index contributed by atoms with van der Waals surface area (Å²) in [6.45, 7) is -0.0911. The third-order valence-electron chi connectivity index (χ3n) is 2.57. The highest BCUT2D eigenvalue weighted by atomic mass is 32.2. The van der Waals surface area contributed by atoms with Crippen molar-refractivity contribution < 1.29 is 9.50 Å². The van der Waals surface area contributed by atoms with Gasteiger partial charge in [0.1, 0.15) is 5.82 Å².